The summed E-state index contributed by atoms with van der Waals surface area (Å²) in [5, 5.41) is 0.186. The number of carbonyl (C=O) groups excluding carboxylic acids is 1. The van der Waals surface area contributed by atoms with Gasteiger partial charge in [-0.2, -0.15) is 4.31 Å². The molecule has 0 spiro atoms. The first-order chi connectivity index (χ1) is 11.4. The highest BCUT2D eigenvalue weighted by atomic mass is 35.5. The number of halogens is 2. The van der Waals surface area contributed by atoms with E-state index in [-0.39, 0.29) is 33.9 Å². The van der Waals surface area contributed by atoms with Crippen molar-refractivity contribution in [2.75, 3.05) is 26.2 Å². The molecule has 1 aromatic carbocycles. The fraction of sp³-hybridized carbons (Fsp3) is 0.312. The lowest BCUT2D eigenvalue weighted by atomic mass is 10.3. The Morgan fingerprint density at radius 3 is 2.21 bits per heavy atom. The minimum absolute atomic E-state index is 0.0823. The van der Waals surface area contributed by atoms with E-state index in [0.717, 1.165) is 0 Å². The molecule has 0 N–H and O–H groups in total. The van der Waals surface area contributed by atoms with E-state index in [1.165, 1.54) is 22.5 Å². The molecule has 0 atom stereocenters. The number of carbonyl (C=O) groups is 1. The zero-order valence-corrected chi connectivity index (χ0v) is 15.5. The molecule has 5 nitrogen and oxygen atoms in total. The van der Waals surface area contributed by atoms with Gasteiger partial charge in [-0.1, -0.05) is 47.5 Å². The number of piperazine rings is 1. The maximum atomic E-state index is 12.7. The van der Waals surface area contributed by atoms with E-state index in [1.54, 1.807) is 23.1 Å². The minimum atomic E-state index is -3.79. The van der Waals surface area contributed by atoms with E-state index in [0.29, 0.717) is 13.1 Å². The summed E-state index contributed by atoms with van der Waals surface area (Å²) in [4.78, 5) is 13.5. The first-order valence-electron chi connectivity index (χ1n) is 7.40. The van der Waals surface area contributed by atoms with Gasteiger partial charge in [-0.25, -0.2) is 8.42 Å². The molecular weight excluding hydrogens is 371 g/mol. The van der Waals surface area contributed by atoms with Crippen molar-refractivity contribution >= 4 is 39.1 Å². The monoisotopic (exact) mass is 388 g/mol. The molecule has 2 rings (SSSR count). The summed E-state index contributed by atoms with van der Waals surface area (Å²) < 4.78 is 26.8. The third kappa shape index (κ3) is 4.19. The molecular formula is C16H18Cl2N2O3S. The zero-order valence-electron chi connectivity index (χ0n) is 13.2. The first-order valence-corrected chi connectivity index (χ1v) is 9.60. The molecule has 130 valence electrons. The van der Waals surface area contributed by atoms with E-state index in [4.69, 9.17) is 23.2 Å². The van der Waals surface area contributed by atoms with Crippen LogP contribution in [0.1, 0.15) is 6.92 Å². The van der Waals surface area contributed by atoms with Crippen LogP contribution in [0.2, 0.25) is 10.0 Å². The summed E-state index contributed by atoms with van der Waals surface area (Å²) in [5.41, 5.74) is 0. The van der Waals surface area contributed by atoms with E-state index >= 15 is 0 Å². The Morgan fingerprint density at radius 1 is 1.08 bits per heavy atom. The second kappa shape index (κ2) is 8.16. The fourth-order valence-corrected chi connectivity index (χ4v) is 4.87. The van der Waals surface area contributed by atoms with Gasteiger partial charge in [-0.05, 0) is 19.1 Å². The van der Waals surface area contributed by atoms with Crippen molar-refractivity contribution in [2.45, 2.75) is 11.8 Å². The third-order valence-electron chi connectivity index (χ3n) is 3.61. The van der Waals surface area contributed by atoms with E-state index in [1.807, 2.05) is 13.0 Å². The lowest BCUT2D eigenvalue weighted by Gasteiger charge is -2.33. The highest BCUT2D eigenvalue weighted by molar-refractivity contribution is 7.89. The SMILES string of the molecule is CC=CC=CC(=O)N1CCN(S(=O)(=O)c2c(Cl)cccc2Cl)CC1. The highest BCUT2D eigenvalue weighted by Gasteiger charge is 2.32. The van der Waals surface area contributed by atoms with Crippen LogP contribution in [0.4, 0.5) is 0 Å². The van der Waals surface area contributed by atoms with Crippen LogP contribution in [0, 0.1) is 0 Å². The highest BCUT2D eigenvalue weighted by Crippen LogP contribution is 2.31. The predicted octanol–water partition coefficient (Wildman–Crippen LogP) is 2.96. The Morgan fingerprint density at radius 2 is 1.67 bits per heavy atom. The van der Waals surface area contributed by atoms with Crippen LogP contribution in [0.5, 0.6) is 0 Å². The van der Waals surface area contributed by atoms with Gasteiger partial charge in [-0.3, -0.25) is 4.79 Å². The molecule has 0 aromatic heterocycles. The molecule has 1 aliphatic heterocycles. The lowest BCUT2D eigenvalue weighted by Crippen LogP contribution is -2.50. The van der Waals surface area contributed by atoms with Gasteiger partial charge in [0.05, 0.1) is 10.0 Å². The first kappa shape index (κ1) is 19.0. The van der Waals surface area contributed by atoms with Crippen LogP contribution >= 0.6 is 23.2 Å². The molecule has 0 aliphatic carbocycles. The Bertz CT molecular complexity index is 747. The summed E-state index contributed by atoms with van der Waals surface area (Å²) in [5.74, 6) is -0.138. The van der Waals surface area contributed by atoms with Crippen molar-refractivity contribution in [1.82, 2.24) is 9.21 Å². The van der Waals surface area contributed by atoms with Crippen LogP contribution in [0.25, 0.3) is 0 Å². The van der Waals surface area contributed by atoms with Gasteiger partial charge in [-0.15, -0.1) is 0 Å². The Hall–Kier alpha value is -1.34. The molecule has 1 amide bonds. The van der Waals surface area contributed by atoms with E-state index in [9.17, 15) is 13.2 Å². The summed E-state index contributed by atoms with van der Waals surface area (Å²) in [7, 11) is -3.79. The average Bonchev–Trinajstić information content (AvgIpc) is 2.54. The van der Waals surface area contributed by atoms with Crippen molar-refractivity contribution in [3.05, 3.63) is 52.5 Å². The maximum Gasteiger partial charge on any atom is 0.246 e. The Labute approximate surface area is 152 Å². The lowest BCUT2D eigenvalue weighted by molar-refractivity contribution is -0.127. The normalized spacial score (nSPS) is 17.0. The second-order valence-electron chi connectivity index (χ2n) is 5.17. The number of amides is 1. The molecule has 24 heavy (non-hydrogen) atoms. The smallest absolute Gasteiger partial charge is 0.246 e. The molecule has 1 fully saturated rings. The number of sulfonamides is 1. The van der Waals surface area contributed by atoms with Crippen LogP contribution < -0.4 is 0 Å². The minimum Gasteiger partial charge on any atom is -0.337 e. The van der Waals surface area contributed by atoms with Crippen molar-refractivity contribution in [2.24, 2.45) is 0 Å². The van der Waals surface area contributed by atoms with Crippen LogP contribution in [-0.4, -0.2) is 49.7 Å². The van der Waals surface area contributed by atoms with Gasteiger partial charge >= 0.3 is 0 Å². The molecule has 0 saturated carbocycles. The summed E-state index contributed by atoms with van der Waals surface area (Å²) >= 11 is 12.0. The number of hydrogen-bond donors (Lipinski definition) is 0. The molecule has 1 aromatic rings. The topological polar surface area (TPSA) is 57.7 Å². The molecule has 0 radical (unpaired) electrons. The van der Waals surface area contributed by atoms with Crippen LogP contribution in [0.15, 0.2) is 47.4 Å². The van der Waals surface area contributed by atoms with Crippen molar-refractivity contribution in [3.8, 4) is 0 Å². The molecule has 0 unspecified atom stereocenters. The van der Waals surface area contributed by atoms with E-state index < -0.39 is 10.0 Å². The number of allylic oxidation sites excluding steroid dienone is 3. The quantitative estimate of drug-likeness (QED) is 0.588. The molecule has 0 bridgehead atoms. The number of hydrogen-bond acceptors (Lipinski definition) is 3. The number of rotatable bonds is 4. The summed E-state index contributed by atoms with van der Waals surface area (Å²) in [6.45, 7) is 2.90. The number of benzene rings is 1. The standard InChI is InChI=1S/C16H18Cl2N2O3S/c1-2-3-4-8-15(21)19-9-11-20(12-10-19)24(22,23)16-13(17)6-5-7-14(16)18/h2-8H,9-12H2,1H3. The summed E-state index contributed by atoms with van der Waals surface area (Å²) in [6.07, 6.45) is 6.71. The third-order valence-corrected chi connectivity index (χ3v) is 6.46. The molecule has 8 heteroatoms. The second-order valence-corrected chi connectivity index (χ2v) is 7.85. The molecule has 1 heterocycles. The average molecular weight is 389 g/mol. The maximum absolute atomic E-state index is 12.7. The van der Waals surface area contributed by atoms with Gasteiger partial charge < -0.3 is 4.90 Å². The number of nitrogens with zero attached hydrogens (tertiary/aromatic N) is 2. The van der Waals surface area contributed by atoms with Crippen molar-refractivity contribution in [1.29, 1.82) is 0 Å². The predicted molar refractivity (Wildman–Crippen MR) is 95.8 cm³/mol. The van der Waals surface area contributed by atoms with Crippen LogP contribution in [0.3, 0.4) is 0 Å². The van der Waals surface area contributed by atoms with Gasteiger partial charge in [0.2, 0.25) is 15.9 Å². The van der Waals surface area contributed by atoms with E-state index in [2.05, 4.69) is 0 Å². The molecule has 1 aliphatic rings. The largest absolute Gasteiger partial charge is 0.337 e. The van der Waals surface area contributed by atoms with Crippen molar-refractivity contribution < 1.29 is 13.2 Å². The van der Waals surface area contributed by atoms with Crippen LogP contribution in [-0.2, 0) is 14.8 Å². The zero-order chi connectivity index (χ0) is 17.7. The van der Waals surface area contributed by atoms with Gasteiger partial charge in [0.1, 0.15) is 4.90 Å². The fourth-order valence-electron chi connectivity index (χ4n) is 2.36. The van der Waals surface area contributed by atoms with Crippen molar-refractivity contribution in [3.63, 3.8) is 0 Å². The van der Waals surface area contributed by atoms with Gasteiger partial charge in [0.25, 0.3) is 0 Å². The molecule has 1 saturated heterocycles. The summed E-state index contributed by atoms with van der Waals surface area (Å²) in [6, 6.07) is 4.58. The van der Waals surface area contributed by atoms with Gasteiger partial charge in [0.15, 0.2) is 0 Å². The van der Waals surface area contributed by atoms with Gasteiger partial charge in [0, 0.05) is 32.3 Å². The Balaban J connectivity index is 2.10. The Kier molecular flexibility index (Phi) is 6.46.